The molecule has 3 rings (SSSR count). The summed E-state index contributed by atoms with van der Waals surface area (Å²) in [4.78, 5) is 4.50. The minimum absolute atomic E-state index is 0.550. The summed E-state index contributed by atoms with van der Waals surface area (Å²) >= 11 is 0. The first-order chi connectivity index (χ1) is 9.63. The van der Waals surface area contributed by atoms with Crippen LogP contribution in [0.5, 0.6) is 0 Å². The molecule has 2 aromatic heterocycles. The maximum Gasteiger partial charge on any atom is 0.0838 e. The van der Waals surface area contributed by atoms with Crippen LogP contribution in [-0.4, -0.2) is 19.9 Å². The van der Waals surface area contributed by atoms with Crippen molar-refractivity contribution < 1.29 is 5.11 Å². The lowest BCUT2D eigenvalue weighted by Gasteiger charge is -2.13. The Morgan fingerprint density at radius 1 is 1.30 bits per heavy atom. The van der Waals surface area contributed by atoms with Crippen LogP contribution in [0.2, 0.25) is 0 Å². The molecule has 0 aliphatic heterocycles. The summed E-state index contributed by atoms with van der Waals surface area (Å²) in [6, 6.07) is 9.88. The summed E-state index contributed by atoms with van der Waals surface area (Å²) in [5.74, 6) is 0. The highest BCUT2D eigenvalue weighted by atomic mass is 16.3. The number of benzene rings is 1. The zero-order chi connectivity index (χ0) is 14.1. The van der Waals surface area contributed by atoms with E-state index in [-0.39, 0.29) is 0 Å². The Morgan fingerprint density at radius 3 is 2.85 bits per heavy atom. The number of aromatic nitrogens is 3. The standard InChI is InChI=1S/C16H17N3O/c1-11-7-14(13-5-3-4-6-15(13)18-11)16(20)8-12-9-17-19(2)10-12/h3-7,9-10,16,20H,8H2,1-2H3. The van der Waals surface area contributed by atoms with E-state index in [0.717, 1.165) is 27.7 Å². The molecule has 4 heteroatoms. The van der Waals surface area contributed by atoms with Gasteiger partial charge in [0.2, 0.25) is 0 Å². The zero-order valence-electron chi connectivity index (χ0n) is 11.6. The van der Waals surface area contributed by atoms with Crippen LogP contribution in [0, 0.1) is 6.92 Å². The van der Waals surface area contributed by atoms with Gasteiger partial charge in [0.25, 0.3) is 0 Å². The van der Waals surface area contributed by atoms with Crippen molar-refractivity contribution in [2.75, 3.05) is 0 Å². The van der Waals surface area contributed by atoms with E-state index in [1.54, 1.807) is 10.9 Å². The fourth-order valence-electron chi connectivity index (χ4n) is 2.53. The summed E-state index contributed by atoms with van der Waals surface area (Å²) in [7, 11) is 1.88. The van der Waals surface area contributed by atoms with Crippen LogP contribution in [-0.2, 0) is 13.5 Å². The molecule has 0 radical (unpaired) electrons. The lowest BCUT2D eigenvalue weighted by Crippen LogP contribution is -2.03. The topological polar surface area (TPSA) is 50.9 Å². The molecule has 20 heavy (non-hydrogen) atoms. The Bertz CT molecular complexity index is 748. The molecule has 3 aromatic rings. The van der Waals surface area contributed by atoms with Crippen molar-refractivity contribution in [1.29, 1.82) is 0 Å². The van der Waals surface area contributed by atoms with E-state index >= 15 is 0 Å². The molecule has 1 aromatic carbocycles. The van der Waals surface area contributed by atoms with Gasteiger partial charge < -0.3 is 5.11 Å². The second-order valence-corrected chi connectivity index (χ2v) is 5.11. The van der Waals surface area contributed by atoms with E-state index in [1.165, 1.54) is 0 Å². The first-order valence-corrected chi connectivity index (χ1v) is 6.65. The fraction of sp³-hybridized carbons (Fsp3) is 0.250. The van der Waals surface area contributed by atoms with Crippen LogP contribution in [0.1, 0.15) is 22.9 Å². The van der Waals surface area contributed by atoms with Gasteiger partial charge in [-0.05, 0) is 30.2 Å². The number of para-hydroxylation sites is 1. The lowest BCUT2D eigenvalue weighted by atomic mass is 9.99. The van der Waals surface area contributed by atoms with Gasteiger partial charge >= 0.3 is 0 Å². The molecule has 1 atom stereocenters. The number of fused-ring (bicyclic) bond motifs is 1. The second kappa shape index (κ2) is 5.06. The van der Waals surface area contributed by atoms with Gasteiger partial charge in [0.15, 0.2) is 0 Å². The van der Waals surface area contributed by atoms with Crippen molar-refractivity contribution in [2.45, 2.75) is 19.4 Å². The smallest absolute Gasteiger partial charge is 0.0838 e. The highest BCUT2D eigenvalue weighted by Gasteiger charge is 2.14. The second-order valence-electron chi connectivity index (χ2n) is 5.11. The number of rotatable bonds is 3. The maximum absolute atomic E-state index is 10.5. The number of pyridine rings is 1. The normalized spacial score (nSPS) is 12.8. The predicted molar refractivity (Wildman–Crippen MR) is 78.4 cm³/mol. The minimum Gasteiger partial charge on any atom is -0.388 e. The number of hydrogen-bond acceptors (Lipinski definition) is 3. The molecule has 0 bridgehead atoms. The van der Waals surface area contributed by atoms with E-state index < -0.39 is 6.10 Å². The molecule has 1 N–H and O–H groups in total. The van der Waals surface area contributed by atoms with Gasteiger partial charge in [-0.1, -0.05) is 18.2 Å². The molecule has 0 saturated carbocycles. The summed E-state index contributed by atoms with van der Waals surface area (Å²) in [6.45, 7) is 1.95. The van der Waals surface area contributed by atoms with Gasteiger partial charge in [0.05, 0.1) is 17.8 Å². The van der Waals surface area contributed by atoms with Crippen LogP contribution in [0.15, 0.2) is 42.7 Å². The van der Waals surface area contributed by atoms with Crippen LogP contribution in [0.4, 0.5) is 0 Å². The van der Waals surface area contributed by atoms with Crippen molar-refractivity contribution in [3.8, 4) is 0 Å². The third-order valence-electron chi connectivity index (χ3n) is 3.42. The fourth-order valence-corrected chi connectivity index (χ4v) is 2.53. The summed E-state index contributed by atoms with van der Waals surface area (Å²) in [5.41, 5.74) is 3.80. The molecule has 0 spiro atoms. The summed E-state index contributed by atoms with van der Waals surface area (Å²) < 4.78 is 1.75. The minimum atomic E-state index is -0.550. The molecule has 0 amide bonds. The number of hydrogen-bond donors (Lipinski definition) is 1. The van der Waals surface area contributed by atoms with Gasteiger partial charge in [-0.25, -0.2) is 0 Å². The molecule has 2 heterocycles. The quantitative estimate of drug-likeness (QED) is 0.793. The number of aryl methyl sites for hydroxylation is 2. The highest BCUT2D eigenvalue weighted by Crippen LogP contribution is 2.26. The van der Waals surface area contributed by atoms with Crippen LogP contribution < -0.4 is 0 Å². The molecule has 0 aliphatic rings. The third-order valence-corrected chi connectivity index (χ3v) is 3.42. The van der Waals surface area contributed by atoms with Crippen molar-refractivity contribution in [1.82, 2.24) is 14.8 Å². The van der Waals surface area contributed by atoms with Gasteiger partial charge in [-0.15, -0.1) is 0 Å². The van der Waals surface area contributed by atoms with E-state index in [1.807, 2.05) is 50.5 Å². The Morgan fingerprint density at radius 2 is 2.10 bits per heavy atom. The van der Waals surface area contributed by atoms with E-state index in [2.05, 4.69) is 10.1 Å². The van der Waals surface area contributed by atoms with E-state index in [0.29, 0.717) is 6.42 Å². The van der Waals surface area contributed by atoms with Crippen LogP contribution in [0.25, 0.3) is 10.9 Å². The average molecular weight is 267 g/mol. The van der Waals surface area contributed by atoms with Crippen LogP contribution in [0.3, 0.4) is 0 Å². The molecule has 1 unspecified atom stereocenters. The summed E-state index contributed by atoms with van der Waals surface area (Å²) in [5, 5.41) is 15.7. The molecular weight excluding hydrogens is 250 g/mol. The number of nitrogens with zero attached hydrogens (tertiary/aromatic N) is 3. The van der Waals surface area contributed by atoms with Gasteiger partial charge in [0.1, 0.15) is 0 Å². The Kier molecular flexibility index (Phi) is 3.24. The van der Waals surface area contributed by atoms with Crippen molar-refractivity contribution in [3.05, 3.63) is 59.5 Å². The Labute approximate surface area is 117 Å². The van der Waals surface area contributed by atoms with Crippen molar-refractivity contribution in [2.24, 2.45) is 7.05 Å². The van der Waals surface area contributed by atoms with E-state index in [4.69, 9.17) is 0 Å². The SMILES string of the molecule is Cc1cc(C(O)Cc2cnn(C)c2)c2ccccc2n1. The van der Waals surface area contributed by atoms with Crippen LogP contribution >= 0.6 is 0 Å². The average Bonchev–Trinajstić information content (AvgIpc) is 2.83. The zero-order valence-corrected chi connectivity index (χ0v) is 11.6. The van der Waals surface area contributed by atoms with Crippen molar-refractivity contribution >= 4 is 10.9 Å². The van der Waals surface area contributed by atoms with Crippen molar-refractivity contribution in [3.63, 3.8) is 0 Å². The molecule has 0 fully saturated rings. The third kappa shape index (κ3) is 2.42. The summed E-state index contributed by atoms with van der Waals surface area (Å²) in [6.07, 6.45) is 3.73. The molecule has 4 nitrogen and oxygen atoms in total. The monoisotopic (exact) mass is 267 g/mol. The van der Waals surface area contributed by atoms with Gasteiger partial charge in [-0.3, -0.25) is 9.67 Å². The van der Waals surface area contributed by atoms with E-state index in [9.17, 15) is 5.11 Å². The largest absolute Gasteiger partial charge is 0.388 e. The number of aliphatic hydroxyl groups excluding tert-OH is 1. The molecule has 102 valence electrons. The first-order valence-electron chi connectivity index (χ1n) is 6.65. The highest BCUT2D eigenvalue weighted by molar-refractivity contribution is 5.82. The Hall–Kier alpha value is -2.20. The van der Waals surface area contributed by atoms with Gasteiger partial charge in [-0.2, -0.15) is 5.10 Å². The molecule has 0 aliphatic carbocycles. The molecular formula is C16H17N3O. The lowest BCUT2D eigenvalue weighted by molar-refractivity contribution is 0.180. The molecule has 0 saturated heterocycles. The number of aliphatic hydroxyl groups is 1. The maximum atomic E-state index is 10.5. The predicted octanol–water partition coefficient (Wildman–Crippen LogP) is 2.55. The Balaban J connectivity index is 2.00. The van der Waals surface area contributed by atoms with Gasteiger partial charge in [0, 0.05) is 30.7 Å². The first kappa shape index (κ1) is 12.8.